The van der Waals surface area contributed by atoms with E-state index in [0.717, 1.165) is 23.8 Å². The third kappa shape index (κ3) is 3.90. The first-order chi connectivity index (χ1) is 12.5. The second kappa shape index (κ2) is 7.64. The Kier molecular flexibility index (Phi) is 5.30. The van der Waals surface area contributed by atoms with Crippen LogP contribution in [0, 0.1) is 18.6 Å². The molecular formula is C20H20F2N2O2. The lowest BCUT2D eigenvalue weighted by molar-refractivity contribution is 0.0716. The fourth-order valence-electron chi connectivity index (χ4n) is 3.03. The van der Waals surface area contributed by atoms with Gasteiger partial charge in [0.15, 0.2) is 0 Å². The highest BCUT2D eigenvalue weighted by atomic mass is 19.1. The van der Waals surface area contributed by atoms with Crippen molar-refractivity contribution in [2.75, 3.05) is 26.2 Å². The molecule has 1 aliphatic heterocycles. The van der Waals surface area contributed by atoms with Gasteiger partial charge in [0.1, 0.15) is 11.6 Å². The van der Waals surface area contributed by atoms with Crippen LogP contribution in [0.4, 0.5) is 8.78 Å². The summed E-state index contributed by atoms with van der Waals surface area (Å²) in [6, 6.07) is 10.2. The van der Waals surface area contributed by atoms with E-state index in [1.54, 1.807) is 17.0 Å². The van der Waals surface area contributed by atoms with Gasteiger partial charge in [0, 0.05) is 31.7 Å². The minimum atomic E-state index is -0.742. The van der Waals surface area contributed by atoms with Crippen molar-refractivity contribution in [2.45, 2.75) is 13.3 Å². The summed E-state index contributed by atoms with van der Waals surface area (Å²) < 4.78 is 27.2. The zero-order chi connectivity index (χ0) is 18.7. The van der Waals surface area contributed by atoms with Crippen molar-refractivity contribution in [3.05, 3.63) is 70.8 Å². The van der Waals surface area contributed by atoms with E-state index in [9.17, 15) is 18.4 Å². The third-order valence-corrected chi connectivity index (χ3v) is 4.53. The summed E-state index contributed by atoms with van der Waals surface area (Å²) in [4.78, 5) is 28.3. The van der Waals surface area contributed by atoms with Crippen LogP contribution in [-0.4, -0.2) is 47.8 Å². The van der Waals surface area contributed by atoms with Crippen LogP contribution >= 0.6 is 0 Å². The summed E-state index contributed by atoms with van der Waals surface area (Å²) in [7, 11) is 0. The zero-order valence-corrected chi connectivity index (χ0v) is 14.5. The maximum Gasteiger partial charge on any atom is 0.256 e. The number of nitrogens with zero attached hydrogens (tertiary/aromatic N) is 2. The predicted molar refractivity (Wildman–Crippen MR) is 94.0 cm³/mol. The summed E-state index contributed by atoms with van der Waals surface area (Å²) in [5.74, 6) is -2.03. The molecule has 26 heavy (non-hydrogen) atoms. The summed E-state index contributed by atoms with van der Waals surface area (Å²) in [5.41, 5.74) is 1.40. The van der Waals surface area contributed by atoms with Crippen molar-refractivity contribution in [1.29, 1.82) is 0 Å². The maximum absolute atomic E-state index is 13.9. The topological polar surface area (TPSA) is 40.6 Å². The number of halogens is 2. The quantitative estimate of drug-likeness (QED) is 0.827. The van der Waals surface area contributed by atoms with Gasteiger partial charge in [0.05, 0.1) is 5.56 Å². The summed E-state index contributed by atoms with van der Waals surface area (Å²) in [5, 5.41) is 0. The molecule has 0 bridgehead atoms. The van der Waals surface area contributed by atoms with E-state index in [0.29, 0.717) is 31.6 Å². The monoisotopic (exact) mass is 358 g/mol. The van der Waals surface area contributed by atoms with Crippen molar-refractivity contribution in [3.8, 4) is 0 Å². The van der Waals surface area contributed by atoms with Gasteiger partial charge < -0.3 is 9.80 Å². The third-order valence-electron chi connectivity index (χ3n) is 4.53. The fourth-order valence-corrected chi connectivity index (χ4v) is 3.03. The normalized spacial score (nSPS) is 14.9. The van der Waals surface area contributed by atoms with Gasteiger partial charge >= 0.3 is 0 Å². The second-order valence-corrected chi connectivity index (χ2v) is 6.43. The Bertz CT molecular complexity index is 821. The van der Waals surface area contributed by atoms with E-state index in [-0.39, 0.29) is 18.0 Å². The standard InChI is InChI=1S/C20H20F2N2O2/c1-14-3-5-15(6-4-14)19(25)23-9-2-10-24(12-11-23)20(26)17-13-16(21)7-8-18(17)22/h3-8,13H,2,9-12H2,1H3. The van der Waals surface area contributed by atoms with Gasteiger partial charge in [-0.05, 0) is 43.7 Å². The molecule has 0 spiro atoms. The van der Waals surface area contributed by atoms with E-state index in [4.69, 9.17) is 0 Å². The average Bonchev–Trinajstić information content (AvgIpc) is 2.89. The number of benzene rings is 2. The molecule has 4 nitrogen and oxygen atoms in total. The van der Waals surface area contributed by atoms with Crippen molar-refractivity contribution in [3.63, 3.8) is 0 Å². The van der Waals surface area contributed by atoms with Gasteiger partial charge in [-0.25, -0.2) is 8.78 Å². The summed E-state index contributed by atoms with van der Waals surface area (Å²) in [6.07, 6.45) is 0.584. The fraction of sp³-hybridized carbons (Fsp3) is 0.300. The number of amides is 2. The maximum atomic E-state index is 13.9. The van der Waals surface area contributed by atoms with Crippen LogP contribution in [-0.2, 0) is 0 Å². The number of carbonyl (C=O) groups is 2. The van der Waals surface area contributed by atoms with Crippen LogP contribution in [0.3, 0.4) is 0 Å². The molecule has 0 atom stereocenters. The molecule has 1 fully saturated rings. The van der Waals surface area contributed by atoms with Crippen molar-refractivity contribution >= 4 is 11.8 Å². The van der Waals surface area contributed by atoms with Gasteiger partial charge in [0.25, 0.3) is 11.8 Å². The summed E-state index contributed by atoms with van der Waals surface area (Å²) >= 11 is 0. The lowest BCUT2D eigenvalue weighted by atomic mass is 10.1. The molecule has 0 radical (unpaired) electrons. The Morgan fingerprint density at radius 3 is 2.12 bits per heavy atom. The number of hydrogen-bond acceptors (Lipinski definition) is 2. The highest BCUT2D eigenvalue weighted by Crippen LogP contribution is 2.16. The molecule has 0 N–H and O–H groups in total. The number of aryl methyl sites for hydroxylation is 1. The number of hydrogen-bond donors (Lipinski definition) is 0. The van der Waals surface area contributed by atoms with Crippen LogP contribution in [0.15, 0.2) is 42.5 Å². The van der Waals surface area contributed by atoms with Crippen molar-refractivity contribution < 1.29 is 18.4 Å². The lowest BCUT2D eigenvalue weighted by Crippen LogP contribution is -2.37. The Hall–Kier alpha value is -2.76. The molecule has 3 rings (SSSR count). The van der Waals surface area contributed by atoms with Gasteiger partial charge in [-0.1, -0.05) is 17.7 Å². The Morgan fingerprint density at radius 1 is 0.846 bits per heavy atom. The summed E-state index contributed by atoms with van der Waals surface area (Å²) in [6.45, 7) is 3.51. The first-order valence-electron chi connectivity index (χ1n) is 8.56. The van der Waals surface area contributed by atoms with Gasteiger partial charge in [-0.3, -0.25) is 9.59 Å². The van der Waals surface area contributed by atoms with E-state index in [2.05, 4.69) is 0 Å². The van der Waals surface area contributed by atoms with E-state index in [1.165, 1.54) is 4.90 Å². The number of rotatable bonds is 2. The lowest BCUT2D eigenvalue weighted by Gasteiger charge is -2.22. The SMILES string of the molecule is Cc1ccc(C(=O)N2CCCN(C(=O)c3cc(F)ccc3F)CC2)cc1. The molecule has 2 amide bonds. The Morgan fingerprint density at radius 2 is 1.46 bits per heavy atom. The molecule has 1 saturated heterocycles. The zero-order valence-electron chi connectivity index (χ0n) is 14.5. The highest BCUT2D eigenvalue weighted by Gasteiger charge is 2.25. The van der Waals surface area contributed by atoms with Gasteiger partial charge in [-0.15, -0.1) is 0 Å². The largest absolute Gasteiger partial charge is 0.337 e. The van der Waals surface area contributed by atoms with Crippen LogP contribution in [0.1, 0.15) is 32.7 Å². The van der Waals surface area contributed by atoms with Gasteiger partial charge in [-0.2, -0.15) is 0 Å². The smallest absolute Gasteiger partial charge is 0.256 e. The van der Waals surface area contributed by atoms with Crippen LogP contribution < -0.4 is 0 Å². The molecule has 2 aromatic carbocycles. The van der Waals surface area contributed by atoms with Crippen LogP contribution in [0.2, 0.25) is 0 Å². The Labute approximate surface area is 151 Å². The molecular weight excluding hydrogens is 338 g/mol. The van der Waals surface area contributed by atoms with E-state index < -0.39 is 17.5 Å². The van der Waals surface area contributed by atoms with Crippen LogP contribution in [0.5, 0.6) is 0 Å². The number of carbonyl (C=O) groups excluding carboxylic acids is 2. The van der Waals surface area contributed by atoms with E-state index in [1.807, 2.05) is 19.1 Å². The molecule has 1 heterocycles. The van der Waals surface area contributed by atoms with Crippen molar-refractivity contribution in [1.82, 2.24) is 9.80 Å². The second-order valence-electron chi connectivity index (χ2n) is 6.43. The average molecular weight is 358 g/mol. The molecule has 6 heteroatoms. The van der Waals surface area contributed by atoms with Crippen molar-refractivity contribution in [2.24, 2.45) is 0 Å². The first-order valence-corrected chi connectivity index (χ1v) is 8.56. The first kappa shape index (κ1) is 18.0. The van der Waals surface area contributed by atoms with Gasteiger partial charge in [0.2, 0.25) is 0 Å². The molecule has 1 aliphatic rings. The highest BCUT2D eigenvalue weighted by molar-refractivity contribution is 5.95. The molecule has 0 aromatic heterocycles. The molecule has 136 valence electrons. The minimum absolute atomic E-state index is 0.0868. The predicted octanol–water partition coefficient (Wildman–Crippen LogP) is 3.26. The Balaban J connectivity index is 1.70. The molecule has 0 unspecified atom stereocenters. The van der Waals surface area contributed by atoms with E-state index >= 15 is 0 Å². The molecule has 2 aromatic rings. The van der Waals surface area contributed by atoms with Crippen LogP contribution in [0.25, 0.3) is 0 Å². The molecule has 0 saturated carbocycles. The minimum Gasteiger partial charge on any atom is -0.337 e. The molecule has 0 aliphatic carbocycles.